The molecule has 0 unspecified atom stereocenters. The predicted molar refractivity (Wildman–Crippen MR) is 100 cm³/mol. The molecule has 3 rings (SSSR count). The van der Waals surface area contributed by atoms with Gasteiger partial charge >= 0.3 is 0 Å². The van der Waals surface area contributed by atoms with E-state index < -0.39 is 5.60 Å². The van der Waals surface area contributed by atoms with Crippen LogP contribution in [0.5, 0.6) is 0 Å². The van der Waals surface area contributed by atoms with Crippen LogP contribution in [-0.4, -0.2) is 59.1 Å². The van der Waals surface area contributed by atoms with Crippen molar-refractivity contribution in [2.24, 2.45) is 5.92 Å². The van der Waals surface area contributed by atoms with E-state index in [4.69, 9.17) is 0 Å². The minimum atomic E-state index is -1.18. The Hall–Kier alpha value is -1.39. The number of hydrogen-bond donors (Lipinski definition) is 1. The zero-order valence-corrected chi connectivity index (χ0v) is 15.5. The van der Waals surface area contributed by atoms with Gasteiger partial charge in [0.15, 0.2) is 5.60 Å². The molecule has 2 aliphatic heterocycles. The van der Waals surface area contributed by atoms with E-state index in [2.05, 4.69) is 36.1 Å². The first-order valence-corrected chi connectivity index (χ1v) is 9.85. The molecule has 1 aromatic carbocycles. The second-order valence-corrected chi connectivity index (χ2v) is 7.98. The molecule has 0 aromatic heterocycles. The van der Waals surface area contributed by atoms with Crippen LogP contribution in [0.2, 0.25) is 0 Å². The van der Waals surface area contributed by atoms with Crippen LogP contribution in [-0.2, 0) is 11.2 Å². The van der Waals surface area contributed by atoms with Crippen molar-refractivity contribution in [1.82, 2.24) is 9.80 Å². The summed E-state index contributed by atoms with van der Waals surface area (Å²) in [5.74, 6) is 0.716. The molecule has 0 spiro atoms. The Bertz CT molecular complexity index is 554. The summed E-state index contributed by atoms with van der Waals surface area (Å²) in [7, 11) is 0. The van der Waals surface area contributed by atoms with Crippen molar-refractivity contribution in [3.63, 3.8) is 0 Å². The quantitative estimate of drug-likeness (QED) is 0.863. The Morgan fingerprint density at radius 1 is 1.16 bits per heavy atom. The molecule has 0 radical (unpaired) electrons. The third-order valence-electron chi connectivity index (χ3n) is 5.80. The van der Waals surface area contributed by atoms with Gasteiger partial charge in [0.05, 0.1) is 0 Å². The number of β-amino-alcohol motifs (C(OH)–C–C–N with tert-alkyl or cyclic N) is 1. The highest BCUT2D eigenvalue weighted by Crippen LogP contribution is 2.26. The van der Waals surface area contributed by atoms with Gasteiger partial charge in [0.2, 0.25) is 0 Å². The largest absolute Gasteiger partial charge is 0.379 e. The molecule has 2 aliphatic rings. The average Bonchev–Trinajstić information content (AvgIpc) is 2.62. The van der Waals surface area contributed by atoms with Gasteiger partial charge < -0.3 is 10.0 Å². The van der Waals surface area contributed by atoms with Gasteiger partial charge in [-0.25, -0.2) is 0 Å². The maximum absolute atomic E-state index is 12.9. The number of carbonyl (C=O) groups excluding carboxylic acids is 1. The number of aryl methyl sites for hydroxylation is 1. The second-order valence-electron chi connectivity index (χ2n) is 7.98. The molecule has 1 atom stereocenters. The monoisotopic (exact) mass is 344 g/mol. The number of carbonyl (C=O) groups is 1. The predicted octanol–water partition coefficient (Wildman–Crippen LogP) is 2.70. The van der Waals surface area contributed by atoms with Crippen molar-refractivity contribution in [3.8, 4) is 0 Å². The Morgan fingerprint density at radius 3 is 2.60 bits per heavy atom. The molecule has 2 heterocycles. The number of aliphatic hydroxyl groups is 1. The fourth-order valence-electron chi connectivity index (χ4n) is 4.13. The maximum atomic E-state index is 12.9. The summed E-state index contributed by atoms with van der Waals surface area (Å²) >= 11 is 0. The normalized spacial score (nSPS) is 26.2. The first-order valence-electron chi connectivity index (χ1n) is 9.85. The van der Waals surface area contributed by atoms with Gasteiger partial charge in [-0.1, -0.05) is 37.3 Å². The van der Waals surface area contributed by atoms with Crippen LogP contribution in [0.4, 0.5) is 0 Å². The lowest BCUT2D eigenvalue weighted by Crippen LogP contribution is -2.59. The summed E-state index contributed by atoms with van der Waals surface area (Å²) in [4.78, 5) is 17.0. The summed E-state index contributed by atoms with van der Waals surface area (Å²) in [6.45, 7) is 6.33. The summed E-state index contributed by atoms with van der Waals surface area (Å²) in [6, 6.07) is 10.4. The number of hydrogen-bond acceptors (Lipinski definition) is 3. The number of benzene rings is 1. The lowest BCUT2D eigenvalue weighted by molar-refractivity contribution is -0.160. The molecule has 1 N–H and O–H groups in total. The summed E-state index contributed by atoms with van der Waals surface area (Å²) in [5, 5.41) is 11.0. The molecule has 2 fully saturated rings. The number of amides is 1. The highest BCUT2D eigenvalue weighted by atomic mass is 16.3. The molecule has 4 nitrogen and oxygen atoms in total. The van der Waals surface area contributed by atoms with Crippen LogP contribution in [0, 0.1) is 5.92 Å². The van der Waals surface area contributed by atoms with Gasteiger partial charge in [-0.3, -0.25) is 9.69 Å². The van der Waals surface area contributed by atoms with Gasteiger partial charge in [-0.15, -0.1) is 0 Å². The van der Waals surface area contributed by atoms with E-state index in [0.717, 1.165) is 51.4 Å². The molecular weight excluding hydrogens is 312 g/mol. The molecule has 25 heavy (non-hydrogen) atoms. The van der Waals surface area contributed by atoms with Gasteiger partial charge in [0.25, 0.3) is 5.91 Å². The molecule has 1 amide bonds. The minimum Gasteiger partial charge on any atom is -0.379 e. The molecule has 138 valence electrons. The van der Waals surface area contributed by atoms with Crippen molar-refractivity contribution < 1.29 is 9.90 Å². The lowest BCUT2D eigenvalue weighted by atomic mass is 9.89. The molecule has 0 bridgehead atoms. The molecule has 2 saturated heterocycles. The standard InChI is InChI=1S/C21H32N2O2/c1-18-10-15-22(16-11-18)17-21(25)12-6-14-23(20(21)24)13-5-9-19-7-3-2-4-8-19/h2-4,7-8,18,25H,5-6,9-17H2,1H3/t21-/m0/s1. The SMILES string of the molecule is CC1CCN(C[C@@]2(O)CCCN(CCCc3ccccc3)C2=O)CC1. The molecule has 4 heteroatoms. The van der Waals surface area contributed by atoms with E-state index in [1.165, 1.54) is 18.4 Å². The van der Waals surface area contributed by atoms with Gasteiger partial charge in [0.1, 0.15) is 0 Å². The Labute approximate surface area is 151 Å². The van der Waals surface area contributed by atoms with E-state index in [1.807, 2.05) is 11.0 Å². The Morgan fingerprint density at radius 2 is 1.88 bits per heavy atom. The lowest BCUT2D eigenvalue weighted by Gasteiger charge is -2.42. The fourth-order valence-corrected chi connectivity index (χ4v) is 4.13. The minimum absolute atomic E-state index is 0.0505. The zero-order valence-electron chi connectivity index (χ0n) is 15.5. The van der Waals surface area contributed by atoms with Crippen molar-refractivity contribution >= 4 is 5.91 Å². The van der Waals surface area contributed by atoms with Gasteiger partial charge in [-0.05, 0) is 63.1 Å². The smallest absolute Gasteiger partial charge is 0.255 e. The third-order valence-corrected chi connectivity index (χ3v) is 5.80. The third kappa shape index (κ3) is 4.83. The van der Waals surface area contributed by atoms with Gasteiger partial charge in [-0.2, -0.15) is 0 Å². The summed E-state index contributed by atoms with van der Waals surface area (Å²) in [5.41, 5.74) is 0.135. The average molecular weight is 344 g/mol. The van der Waals surface area contributed by atoms with E-state index in [0.29, 0.717) is 13.0 Å². The number of nitrogens with zero attached hydrogens (tertiary/aromatic N) is 2. The van der Waals surface area contributed by atoms with Crippen LogP contribution in [0.1, 0.15) is 44.6 Å². The molecule has 0 aliphatic carbocycles. The van der Waals surface area contributed by atoms with Crippen molar-refractivity contribution in [1.29, 1.82) is 0 Å². The molecule has 0 saturated carbocycles. The van der Waals surface area contributed by atoms with Gasteiger partial charge in [0, 0.05) is 19.6 Å². The van der Waals surface area contributed by atoms with E-state index in [1.54, 1.807) is 0 Å². The highest BCUT2D eigenvalue weighted by Gasteiger charge is 2.43. The number of likely N-dealkylation sites (tertiary alicyclic amines) is 2. The first-order chi connectivity index (χ1) is 12.1. The van der Waals surface area contributed by atoms with Crippen molar-refractivity contribution in [2.45, 2.75) is 51.0 Å². The zero-order chi connectivity index (χ0) is 17.7. The fraction of sp³-hybridized carbons (Fsp3) is 0.667. The maximum Gasteiger partial charge on any atom is 0.255 e. The van der Waals surface area contributed by atoms with Crippen LogP contribution in [0.15, 0.2) is 30.3 Å². The number of rotatable bonds is 6. The molecule has 1 aromatic rings. The van der Waals surface area contributed by atoms with Crippen molar-refractivity contribution in [3.05, 3.63) is 35.9 Å². The van der Waals surface area contributed by atoms with Crippen LogP contribution >= 0.6 is 0 Å². The Kier molecular flexibility index (Phi) is 6.13. The summed E-state index contributed by atoms with van der Waals surface area (Å²) < 4.78 is 0. The van der Waals surface area contributed by atoms with Crippen LogP contribution in [0.3, 0.4) is 0 Å². The number of piperidine rings is 2. The molecular formula is C21H32N2O2. The summed E-state index contributed by atoms with van der Waals surface area (Å²) in [6.07, 6.45) is 5.78. The van der Waals surface area contributed by atoms with Crippen molar-refractivity contribution in [2.75, 3.05) is 32.7 Å². The van der Waals surface area contributed by atoms with E-state index in [9.17, 15) is 9.90 Å². The van der Waals surface area contributed by atoms with E-state index >= 15 is 0 Å². The van der Waals surface area contributed by atoms with Crippen LogP contribution < -0.4 is 0 Å². The first kappa shape index (κ1) is 18.4. The second kappa shape index (κ2) is 8.33. The van der Waals surface area contributed by atoms with Crippen LogP contribution in [0.25, 0.3) is 0 Å². The van der Waals surface area contributed by atoms with E-state index in [-0.39, 0.29) is 5.91 Å². The highest BCUT2D eigenvalue weighted by molar-refractivity contribution is 5.86. The topological polar surface area (TPSA) is 43.8 Å². The Balaban J connectivity index is 1.51.